The third kappa shape index (κ3) is 3.25. The Hall–Kier alpha value is -1.92. The maximum Gasteiger partial charge on any atom is 0.199 e. The fourth-order valence-corrected chi connectivity index (χ4v) is 5.25. The molecule has 2 atom stereocenters. The van der Waals surface area contributed by atoms with Crippen LogP contribution < -0.4 is 5.73 Å². The van der Waals surface area contributed by atoms with Gasteiger partial charge < -0.3 is 10.2 Å². The first-order chi connectivity index (χ1) is 13.1. The summed E-state index contributed by atoms with van der Waals surface area (Å²) >= 11 is 1.73. The second-order valence-electron chi connectivity index (χ2n) is 8.14. The fourth-order valence-electron chi connectivity index (χ4n) is 4.21. The molecule has 0 bridgehead atoms. The molecule has 5 rings (SSSR count). The van der Waals surface area contributed by atoms with Crippen molar-refractivity contribution in [2.75, 3.05) is 5.73 Å². The van der Waals surface area contributed by atoms with Crippen molar-refractivity contribution >= 4 is 27.4 Å². The van der Waals surface area contributed by atoms with Crippen LogP contribution >= 0.6 is 11.3 Å². The number of anilines is 1. The van der Waals surface area contributed by atoms with Crippen molar-refractivity contribution in [2.24, 2.45) is 0 Å². The van der Waals surface area contributed by atoms with Crippen LogP contribution in [0.2, 0.25) is 0 Å². The second kappa shape index (κ2) is 6.60. The third-order valence-electron chi connectivity index (χ3n) is 6.01. The lowest BCUT2D eigenvalue weighted by Gasteiger charge is -2.38. The third-order valence-corrected chi connectivity index (χ3v) is 7.03. The van der Waals surface area contributed by atoms with Gasteiger partial charge in [0.25, 0.3) is 0 Å². The van der Waals surface area contributed by atoms with Crippen molar-refractivity contribution in [1.29, 1.82) is 0 Å². The van der Waals surface area contributed by atoms with Crippen LogP contribution in [0.1, 0.15) is 62.5 Å². The zero-order chi connectivity index (χ0) is 18.5. The van der Waals surface area contributed by atoms with Crippen LogP contribution in [0.25, 0.3) is 21.8 Å². The van der Waals surface area contributed by atoms with Gasteiger partial charge in [0.2, 0.25) is 0 Å². The molecule has 3 aromatic heterocycles. The Morgan fingerprint density at radius 2 is 1.93 bits per heavy atom. The minimum atomic E-state index is 0.543. The van der Waals surface area contributed by atoms with Crippen LogP contribution in [0.4, 0.5) is 5.82 Å². The average molecular weight is 383 g/mol. The smallest absolute Gasteiger partial charge is 0.199 e. The molecule has 2 fully saturated rings. The van der Waals surface area contributed by atoms with E-state index in [4.69, 9.17) is 15.1 Å². The van der Waals surface area contributed by atoms with Gasteiger partial charge in [-0.15, -0.1) is 11.3 Å². The first-order valence-corrected chi connectivity index (χ1v) is 10.8. The number of fused-ring (bicyclic) bond motifs is 1. The van der Waals surface area contributed by atoms with Crippen molar-refractivity contribution in [3.8, 4) is 11.6 Å². The van der Waals surface area contributed by atoms with Gasteiger partial charge in [-0.05, 0) is 57.7 Å². The van der Waals surface area contributed by atoms with Crippen LogP contribution in [-0.4, -0.2) is 27.0 Å². The van der Waals surface area contributed by atoms with Gasteiger partial charge in [-0.2, -0.15) is 0 Å². The van der Waals surface area contributed by atoms with Crippen LogP contribution in [0, 0.1) is 0 Å². The van der Waals surface area contributed by atoms with Crippen LogP contribution in [0.5, 0.6) is 0 Å². The van der Waals surface area contributed by atoms with E-state index in [0.717, 1.165) is 28.3 Å². The van der Waals surface area contributed by atoms with Crippen LogP contribution in [0.15, 0.2) is 22.6 Å². The standard InChI is InChI=1S/C21H26N4OS/c1-12-4-3-5-13(2)25(12)11-15-10-16-19(22)23-20(24-21(16)27-15)18-9-8-17(26-18)14-6-7-14/h8-10,12-14H,3-7,11H2,1-2H3,(H2,22,23,24). The molecule has 27 heavy (non-hydrogen) atoms. The lowest BCUT2D eigenvalue weighted by molar-refractivity contribution is 0.0965. The molecule has 1 saturated heterocycles. The number of nitrogens with zero attached hydrogens (tertiary/aromatic N) is 3. The molecular formula is C21H26N4OS. The van der Waals surface area contributed by atoms with Gasteiger partial charge >= 0.3 is 0 Å². The Labute approximate surface area is 163 Å². The van der Waals surface area contributed by atoms with Gasteiger partial charge in [-0.25, -0.2) is 9.97 Å². The van der Waals surface area contributed by atoms with Gasteiger partial charge in [-0.1, -0.05) is 6.42 Å². The van der Waals surface area contributed by atoms with Crippen molar-refractivity contribution in [2.45, 2.75) is 70.5 Å². The topological polar surface area (TPSA) is 68.2 Å². The van der Waals surface area contributed by atoms with E-state index in [1.54, 1.807) is 11.3 Å². The maximum absolute atomic E-state index is 6.27. The molecule has 0 amide bonds. The van der Waals surface area contributed by atoms with Gasteiger partial charge in [0.15, 0.2) is 11.6 Å². The average Bonchev–Trinajstić information content (AvgIpc) is 3.22. The summed E-state index contributed by atoms with van der Waals surface area (Å²) in [6.45, 7) is 5.64. The number of furan rings is 1. The molecule has 0 aromatic carbocycles. The minimum Gasteiger partial charge on any atom is -0.457 e. The number of piperidine rings is 1. The highest BCUT2D eigenvalue weighted by Gasteiger charge is 2.28. The number of likely N-dealkylation sites (tertiary alicyclic amines) is 1. The van der Waals surface area contributed by atoms with E-state index in [1.807, 2.05) is 6.07 Å². The van der Waals surface area contributed by atoms with Gasteiger partial charge in [0.1, 0.15) is 16.4 Å². The normalized spacial score (nSPS) is 23.9. The molecule has 0 spiro atoms. The molecule has 1 aliphatic heterocycles. The molecule has 142 valence electrons. The van der Waals surface area contributed by atoms with E-state index in [9.17, 15) is 0 Å². The summed E-state index contributed by atoms with van der Waals surface area (Å²) in [6.07, 6.45) is 6.33. The second-order valence-corrected chi connectivity index (χ2v) is 9.26. The van der Waals surface area contributed by atoms with Crippen molar-refractivity contribution in [1.82, 2.24) is 14.9 Å². The van der Waals surface area contributed by atoms with E-state index < -0.39 is 0 Å². The molecule has 2 N–H and O–H groups in total. The Bertz CT molecular complexity index is 964. The molecular weight excluding hydrogens is 356 g/mol. The Balaban J connectivity index is 1.45. The zero-order valence-electron chi connectivity index (χ0n) is 15.9. The summed E-state index contributed by atoms with van der Waals surface area (Å²) in [7, 11) is 0. The molecule has 1 aliphatic carbocycles. The minimum absolute atomic E-state index is 0.543. The van der Waals surface area contributed by atoms with Crippen LogP contribution in [-0.2, 0) is 6.54 Å². The monoisotopic (exact) mass is 382 g/mol. The predicted molar refractivity (Wildman–Crippen MR) is 110 cm³/mol. The number of thiophene rings is 1. The maximum atomic E-state index is 6.27. The Kier molecular flexibility index (Phi) is 4.20. The summed E-state index contributed by atoms with van der Waals surface area (Å²) < 4.78 is 5.97. The number of hydrogen-bond acceptors (Lipinski definition) is 6. The molecule has 4 heterocycles. The first-order valence-electron chi connectivity index (χ1n) is 10.0. The highest BCUT2D eigenvalue weighted by atomic mass is 32.1. The highest BCUT2D eigenvalue weighted by Crippen LogP contribution is 2.42. The number of nitrogen functional groups attached to an aromatic ring is 1. The molecule has 6 heteroatoms. The van der Waals surface area contributed by atoms with Gasteiger partial charge in [0, 0.05) is 29.4 Å². The lowest BCUT2D eigenvalue weighted by Crippen LogP contribution is -2.42. The largest absolute Gasteiger partial charge is 0.457 e. The van der Waals surface area contributed by atoms with Crippen molar-refractivity contribution < 1.29 is 4.42 Å². The molecule has 2 aliphatic rings. The SMILES string of the molecule is CC1CCCC(C)N1Cc1cc2c(N)nc(-c3ccc(C4CC4)o3)nc2s1. The first kappa shape index (κ1) is 17.2. The zero-order valence-corrected chi connectivity index (χ0v) is 16.8. The lowest BCUT2D eigenvalue weighted by atomic mass is 9.97. The summed E-state index contributed by atoms with van der Waals surface area (Å²) in [4.78, 5) is 14.2. The van der Waals surface area contributed by atoms with Gasteiger partial charge in [0.05, 0.1) is 5.39 Å². The summed E-state index contributed by atoms with van der Waals surface area (Å²) in [6, 6.07) is 7.45. The van der Waals surface area contributed by atoms with E-state index in [2.05, 4.69) is 35.9 Å². The summed E-state index contributed by atoms with van der Waals surface area (Å²) in [5, 5.41) is 0.963. The number of hydrogen-bond donors (Lipinski definition) is 1. The molecule has 5 nitrogen and oxygen atoms in total. The highest BCUT2D eigenvalue weighted by molar-refractivity contribution is 7.18. The Morgan fingerprint density at radius 3 is 2.67 bits per heavy atom. The molecule has 2 unspecified atom stereocenters. The quantitative estimate of drug-likeness (QED) is 0.674. The number of aromatic nitrogens is 2. The van der Waals surface area contributed by atoms with E-state index >= 15 is 0 Å². The molecule has 1 saturated carbocycles. The number of rotatable bonds is 4. The fraction of sp³-hybridized carbons (Fsp3) is 0.524. The molecule has 0 radical (unpaired) electrons. The Morgan fingerprint density at radius 1 is 1.15 bits per heavy atom. The summed E-state index contributed by atoms with van der Waals surface area (Å²) in [5.74, 6) is 3.49. The predicted octanol–water partition coefficient (Wildman–Crippen LogP) is 5.17. The molecule has 3 aromatic rings. The van der Waals surface area contributed by atoms with Crippen molar-refractivity contribution in [3.63, 3.8) is 0 Å². The van der Waals surface area contributed by atoms with E-state index in [-0.39, 0.29) is 0 Å². The van der Waals surface area contributed by atoms with Crippen LogP contribution in [0.3, 0.4) is 0 Å². The number of nitrogens with two attached hydrogens (primary N) is 1. The van der Waals surface area contributed by atoms with E-state index in [0.29, 0.717) is 29.6 Å². The van der Waals surface area contributed by atoms with Gasteiger partial charge in [-0.3, -0.25) is 4.90 Å². The van der Waals surface area contributed by atoms with E-state index in [1.165, 1.54) is 37.0 Å². The van der Waals surface area contributed by atoms with Crippen molar-refractivity contribution in [3.05, 3.63) is 28.8 Å². The summed E-state index contributed by atoms with van der Waals surface area (Å²) in [5.41, 5.74) is 6.27.